The Morgan fingerprint density at radius 3 is 2.95 bits per heavy atom. The fourth-order valence-corrected chi connectivity index (χ4v) is 3.21. The molecular formula is C16H22BrNO3. The lowest BCUT2D eigenvalue weighted by Crippen LogP contribution is -2.33. The number of carboxylic acids is 1. The maximum atomic E-state index is 10.8. The van der Waals surface area contributed by atoms with Gasteiger partial charge in [-0.15, -0.1) is 0 Å². The van der Waals surface area contributed by atoms with Crippen LogP contribution in [0.15, 0.2) is 22.7 Å². The maximum absolute atomic E-state index is 10.8. The van der Waals surface area contributed by atoms with Crippen molar-refractivity contribution in [3.63, 3.8) is 0 Å². The minimum atomic E-state index is -0.754. The molecule has 0 aliphatic carbocycles. The third-order valence-electron chi connectivity index (χ3n) is 3.73. The summed E-state index contributed by atoms with van der Waals surface area (Å²) < 4.78 is 6.76. The summed E-state index contributed by atoms with van der Waals surface area (Å²) in [6.45, 7) is 4.98. The van der Waals surface area contributed by atoms with E-state index in [2.05, 4.69) is 46.0 Å². The Morgan fingerprint density at radius 2 is 2.33 bits per heavy atom. The Balaban J connectivity index is 2.00. The Labute approximate surface area is 134 Å². The van der Waals surface area contributed by atoms with Crippen LogP contribution in [0.5, 0.6) is 0 Å². The molecule has 2 rings (SSSR count). The molecule has 0 saturated carbocycles. The molecule has 0 aromatic heterocycles. The van der Waals surface area contributed by atoms with E-state index < -0.39 is 5.97 Å². The molecule has 4 nitrogen and oxygen atoms in total. The quantitative estimate of drug-likeness (QED) is 0.815. The summed E-state index contributed by atoms with van der Waals surface area (Å²) in [5, 5.41) is 8.91. The first-order valence-electron chi connectivity index (χ1n) is 7.35. The lowest BCUT2D eigenvalue weighted by atomic mass is 10.1. The molecule has 1 atom stereocenters. The third kappa shape index (κ3) is 5.41. The normalized spacial score (nSPS) is 18.3. The van der Waals surface area contributed by atoms with Crippen LogP contribution in [0.1, 0.15) is 30.4 Å². The molecule has 1 N–H and O–H groups in total. The topological polar surface area (TPSA) is 49.8 Å². The SMILES string of the molecule is Cc1ccc(CN(CCC(=O)O)CC2CCCO2)c(Br)c1. The maximum Gasteiger partial charge on any atom is 0.304 e. The van der Waals surface area contributed by atoms with Crippen molar-refractivity contribution in [2.24, 2.45) is 0 Å². The lowest BCUT2D eigenvalue weighted by Gasteiger charge is -2.25. The fraction of sp³-hybridized carbons (Fsp3) is 0.562. The molecule has 1 aromatic rings. The summed E-state index contributed by atoms with van der Waals surface area (Å²) in [5.41, 5.74) is 2.39. The van der Waals surface area contributed by atoms with Crippen LogP contribution in [0.25, 0.3) is 0 Å². The van der Waals surface area contributed by atoms with Crippen molar-refractivity contribution < 1.29 is 14.6 Å². The molecule has 1 fully saturated rings. The van der Waals surface area contributed by atoms with Crippen molar-refractivity contribution in [1.82, 2.24) is 4.90 Å². The van der Waals surface area contributed by atoms with Gasteiger partial charge in [-0.1, -0.05) is 28.1 Å². The van der Waals surface area contributed by atoms with Gasteiger partial charge in [-0.2, -0.15) is 0 Å². The zero-order chi connectivity index (χ0) is 15.2. The van der Waals surface area contributed by atoms with Crippen molar-refractivity contribution in [1.29, 1.82) is 0 Å². The number of rotatable bonds is 7. The van der Waals surface area contributed by atoms with E-state index in [0.29, 0.717) is 6.54 Å². The molecule has 1 aromatic carbocycles. The van der Waals surface area contributed by atoms with E-state index >= 15 is 0 Å². The van der Waals surface area contributed by atoms with E-state index in [0.717, 1.165) is 37.0 Å². The summed E-state index contributed by atoms with van der Waals surface area (Å²) in [5.74, 6) is -0.754. The van der Waals surface area contributed by atoms with Crippen molar-refractivity contribution in [2.75, 3.05) is 19.7 Å². The molecule has 1 aliphatic rings. The van der Waals surface area contributed by atoms with E-state index in [-0.39, 0.29) is 12.5 Å². The number of aryl methyl sites for hydroxylation is 1. The van der Waals surface area contributed by atoms with Gasteiger partial charge in [-0.25, -0.2) is 0 Å². The van der Waals surface area contributed by atoms with Crippen molar-refractivity contribution >= 4 is 21.9 Å². The predicted octanol–water partition coefficient (Wildman–Crippen LogP) is 3.21. The second-order valence-corrected chi connectivity index (χ2v) is 6.46. The monoisotopic (exact) mass is 355 g/mol. The van der Waals surface area contributed by atoms with Gasteiger partial charge >= 0.3 is 5.97 Å². The van der Waals surface area contributed by atoms with E-state index in [4.69, 9.17) is 9.84 Å². The standard InChI is InChI=1S/C16H22BrNO3/c1-12-4-5-13(15(17)9-12)10-18(7-6-16(19)20)11-14-3-2-8-21-14/h4-5,9,14H,2-3,6-8,10-11H2,1H3,(H,19,20). The van der Waals surface area contributed by atoms with Crippen LogP contribution < -0.4 is 0 Å². The van der Waals surface area contributed by atoms with Crippen LogP contribution in [0.2, 0.25) is 0 Å². The number of halogens is 1. The van der Waals surface area contributed by atoms with Crippen molar-refractivity contribution in [3.05, 3.63) is 33.8 Å². The predicted molar refractivity (Wildman–Crippen MR) is 85.4 cm³/mol. The van der Waals surface area contributed by atoms with Gasteiger partial charge in [0.05, 0.1) is 12.5 Å². The molecule has 5 heteroatoms. The highest BCUT2D eigenvalue weighted by Gasteiger charge is 2.20. The van der Waals surface area contributed by atoms with Crippen LogP contribution in [0, 0.1) is 6.92 Å². The van der Waals surface area contributed by atoms with Gasteiger partial charge in [-0.05, 0) is 37.0 Å². The molecule has 1 saturated heterocycles. The molecule has 116 valence electrons. The first-order chi connectivity index (χ1) is 10.0. The van der Waals surface area contributed by atoms with Gasteiger partial charge in [0, 0.05) is 30.7 Å². The second-order valence-electron chi connectivity index (χ2n) is 5.61. The average Bonchev–Trinajstić information content (AvgIpc) is 2.92. The first-order valence-corrected chi connectivity index (χ1v) is 8.14. The van der Waals surface area contributed by atoms with E-state index in [9.17, 15) is 4.79 Å². The van der Waals surface area contributed by atoms with E-state index in [1.165, 1.54) is 11.1 Å². The number of carbonyl (C=O) groups is 1. The summed E-state index contributed by atoms with van der Waals surface area (Å²) in [7, 11) is 0. The van der Waals surface area contributed by atoms with Crippen molar-refractivity contribution in [2.45, 2.75) is 38.8 Å². The molecule has 1 aliphatic heterocycles. The van der Waals surface area contributed by atoms with Crippen LogP contribution in [0.3, 0.4) is 0 Å². The number of hydrogen-bond acceptors (Lipinski definition) is 3. The Morgan fingerprint density at radius 1 is 1.52 bits per heavy atom. The lowest BCUT2D eigenvalue weighted by molar-refractivity contribution is -0.137. The Bertz CT molecular complexity index is 486. The van der Waals surface area contributed by atoms with Gasteiger partial charge in [0.15, 0.2) is 0 Å². The molecular weight excluding hydrogens is 334 g/mol. The van der Waals surface area contributed by atoms with Gasteiger partial charge in [-0.3, -0.25) is 9.69 Å². The molecule has 0 spiro atoms. The Hall–Kier alpha value is -0.910. The fourth-order valence-electron chi connectivity index (χ4n) is 2.59. The van der Waals surface area contributed by atoms with Gasteiger partial charge in [0.1, 0.15) is 0 Å². The van der Waals surface area contributed by atoms with E-state index in [1.54, 1.807) is 0 Å². The van der Waals surface area contributed by atoms with Crippen LogP contribution in [-0.4, -0.2) is 41.8 Å². The van der Waals surface area contributed by atoms with E-state index in [1.807, 2.05) is 0 Å². The molecule has 1 unspecified atom stereocenters. The first kappa shape index (κ1) is 16.5. The highest BCUT2D eigenvalue weighted by Crippen LogP contribution is 2.21. The highest BCUT2D eigenvalue weighted by atomic mass is 79.9. The Kier molecular flexibility index (Phi) is 6.21. The zero-order valence-electron chi connectivity index (χ0n) is 12.3. The smallest absolute Gasteiger partial charge is 0.304 e. The highest BCUT2D eigenvalue weighted by molar-refractivity contribution is 9.10. The van der Waals surface area contributed by atoms with Gasteiger partial charge in [0.2, 0.25) is 0 Å². The minimum absolute atomic E-state index is 0.163. The molecule has 21 heavy (non-hydrogen) atoms. The summed E-state index contributed by atoms with van der Waals surface area (Å²) in [6.07, 6.45) is 2.57. The number of hydrogen-bond donors (Lipinski definition) is 1. The molecule has 0 bridgehead atoms. The molecule has 0 radical (unpaired) electrons. The van der Waals surface area contributed by atoms with Gasteiger partial charge in [0.25, 0.3) is 0 Å². The summed E-state index contributed by atoms with van der Waals surface area (Å²) >= 11 is 3.59. The third-order valence-corrected chi connectivity index (χ3v) is 4.47. The van der Waals surface area contributed by atoms with Crippen LogP contribution in [-0.2, 0) is 16.1 Å². The van der Waals surface area contributed by atoms with Crippen LogP contribution in [0.4, 0.5) is 0 Å². The molecule has 0 amide bonds. The van der Waals surface area contributed by atoms with Crippen molar-refractivity contribution in [3.8, 4) is 0 Å². The number of nitrogens with zero attached hydrogens (tertiary/aromatic N) is 1. The summed E-state index contributed by atoms with van der Waals surface area (Å²) in [4.78, 5) is 13.0. The second kappa shape index (κ2) is 7.92. The number of aliphatic carboxylic acids is 1. The average molecular weight is 356 g/mol. The number of ether oxygens (including phenoxy) is 1. The largest absolute Gasteiger partial charge is 0.481 e. The molecule has 1 heterocycles. The number of carboxylic acid groups (broad SMARTS) is 1. The van der Waals surface area contributed by atoms with Gasteiger partial charge < -0.3 is 9.84 Å². The number of benzene rings is 1. The zero-order valence-corrected chi connectivity index (χ0v) is 13.9. The minimum Gasteiger partial charge on any atom is -0.481 e. The summed E-state index contributed by atoms with van der Waals surface area (Å²) in [6, 6.07) is 6.28. The van der Waals surface area contributed by atoms with Crippen LogP contribution >= 0.6 is 15.9 Å².